The molecule has 1 N–H and O–H groups in total. The zero-order valence-corrected chi connectivity index (χ0v) is 12.0. The lowest BCUT2D eigenvalue weighted by Crippen LogP contribution is -2.10. The molecule has 21 heavy (non-hydrogen) atoms. The maximum atomic E-state index is 13.8. The van der Waals surface area contributed by atoms with E-state index in [9.17, 15) is 9.18 Å². The number of carbonyl (C=O) groups is 1. The van der Waals surface area contributed by atoms with Crippen LogP contribution in [0.3, 0.4) is 0 Å². The summed E-state index contributed by atoms with van der Waals surface area (Å²) in [7, 11) is 1.31. The number of carboxylic acids is 1. The predicted octanol–water partition coefficient (Wildman–Crippen LogP) is 3.82. The Morgan fingerprint density at radius 2 is 2.05 bits per heavy atom. The largest absolute Gasteiger partial charge is 0.500 e. The van der Waals surface area contributed by atoms with Crippen LogP contribution in [0, 0.1) is 5.82 Å². The van der Waals surface area contributed by atoms with Crippen LogP contribution in [0.15, 0.2) is 30.2 Å². The van der Waals surface area contributed by atoms with Crippen LogP contribution in [0.4, 0.5) is 4.39 Å². The molecule has 0 amide bonds. The van der Waals surface area contributed by atoms with Crippen molar-refractivity contribution in [2.45, 2.75) is 38.0 Å². The summed E-state index contributed by atoms with van der Waals surface area (Å²) in [6.45, 7) is 0. The van der Waals surface area contributed by atoms with Gasteiger partial charge in [0.2, 0.25) is 5.76 Å². The molecule has 1 fully saturated rings. The minimum atomic E-state index is -1.31. The van der Waals surface area contributed by atoms with Crippen LogP contribution >= 0.6 is 0 Å². The lowest BCUT2D eigenvalue weighted by Gasteiger charge is -2.22. The van der Waals surface area contributed by atoms with E-state index in [2.05, 4.69) is 4.74 Å². The van der Waals surface area contributed by atoms with Gasteiger partial charge in [0.1, 0.15) is 6.26 Å². The summed E-state index contributed by atoms with van der Waals surface area (Å²) in [4.78, 5) is 11.0. The zero-order chi connectivity index (χ0) is 15.2. The maximum Gasteiger partial charge on any atom is 0.375 e. The van der Waals surface area contributed by atoms with Gasteiger partial charge in [0.15, 0.2) is 11.6 Å². The third-order valence-corrected chi connectivity index (χ3v) is 3.69. The molecular formula is C16H19FO4. The molecule has 0 aliphatic heterocycles. The van der Waals surface area contributed by atoms with Gasteiger partial charge in [0.25, 0.3) is 0 Å². The standard InChI is InChI=1S/C16H19FO4/c1-20-10-15(16(18)19)21-14-9-12(7-8-13(14)17)11-5-3-2-4-6-11/h7-11H,2-6H2,1H3,(H,18,19)/b15-10-. The molecule has 0 heterocycles. The van der Waals surface area contributed by atoms with E-state index in [1.807, 2.05) is 0 Å². The second-order valence-corrected chi connectivity index (χ2v) is 5.15. The highest BCUT2D eigenvalue weighted by molar-refractivity contribution is 5.84. The summed E-state index contributed by atoms with van der Waals surface area (Å²) in [6, 6.07) is 4.67. The van der Waals surface area contributed by atoms with Crippen LogP contribution in [-0.4, -0.2) is 18.2 Å². The first kappa shape index (κ1) is 15.4. The van der Waals surface area contributed by atoms with Crippen molar-refractivity contribution in [3.05, 3.63) is 41.6 Å². The third-order valence-electron chi connectivity index (χ3n) is 3.69. The van der Waals surface area contributed by atoms with Crippen LogP contribution in [0.5, 0.6) is 5.75 Å². The second kappa shape index (κ2) is 7.11. The minimum Gasteiger partial charge on any atom is -0.500 e. The zero-order valence-electron chi connectivity index (χ0n) is 12.0. The molecule has 1 aliphatic carbocycles. The lowest BCUT2D eigenvalue weighted by molar-refractivity contribution is -0.135. The summed E-state index contributed by atoms with van der Waals surface area (Å²) < 4.78 is 23.6. The van der Waals surface area contributed by atoms with E-state index in [0.29, 0.717) is 5.92 Å². The average molecular weight is 294 g/mol. The number of carboxylic acid groups (broad SMARTS) is 1. The molecule has 1 aromatic carbocycles. The van der Waals surface area contributed by atoms with E-state index in [0.717, 1.165) is 24.7 Å². The number of aliphatic carboxylic acids is 1. The highest BCUT2D eigenvalue weighted by atomic mass is 19.1. The molecule has 1 aliphatic rings. The van der Waals surface area contributed by atoms with Crippen molar-refractivity contribution < 1.29 is 23.8 Å². The van der Waals surface area contributed by atoms with Gasteiger partial charge in [-0.2, -0.15) is 0 Å². The number of hydrogen-bond donors (Lipinski definition) is 1. The second-order valence-electron chi connectivity index (χ2n) is 5.15. The first-order chi connectivity index (χ1) is 10.1. The molecule has 114 valence electrons. The van der Waals surface area contributed by atoms with Crippen molar-refractivity contribution in [1.82, 2.24) is 0 Å². The molecule has 1 aromatic rings. The van der Waals surface area contributed by atoms with E-state index >= 15 is 0 Å². The van der Waals surface area contributed by atoms with E-state index < -0.39 is 17.5 Å². The number of halogens is 1. The summed E-state index contributed by atoms with van der Waals surface area (Å²) in [6.07, 6.45) is 6.66. The molecule has 2 rings (SSSR count). The van der Waals surface area contributed by atoms with Crippen molar-refractivity contribution >= 4 is 5.97 Å². The normalized spacial score (nSPS) is 16.6. The Morgan fingerprint density at radius 1 is 1.33 bits per heavy atom. The summed E-state index contributed by atoms with van der Waals surface area (Å²) >= 11 is 0. The molecule has 0 bridgehead atoms. The Morgan fingerprint density at radius 3 is 2.67 bits per heavy atom. The lowest BCUT2D eigenvalue weighted by atomic mass is 9.84. The smallest absolute Gasteiger partial charge is 0.375 e. The number of ether oxygens (including phenoxy) is 2. The van der Waals surface area contributed by atoms with Gasteiger partial charge in [-0.15, -0.1) is 0 Å². The fraction of sp³-hybridized carbons (Fsp3) is 0.438. The summed E-state index contributed by atoms with van der Waals surface area (Å²) in [5, 5.41) is 8.98. The van der Waals surface area contributed by atoms with E-state index in [1.54, 1.807) is 12.1 Å². The molecule has 0 spiro atoms. The molecule has 0 aromatic heterocycles. The highest BCUT2D eigenvalue weighted by Gasteiger charge is 2.19. The van der Waals surface area contributed by atoms with Gasteiger partial charge in [-0.05, 0) is 36.5 Å². The summed E-state index contributed by atoms with van der Waals surface area (Å²) in [5.41, 5.74) is 0.994. The van der Waals surface area contributed by atoms with Gasteiger partial charge in [-0.3, -0.25) is 0 Å². The molecule has 0 unspecified atom stereocenters. The Balaban J connectivity index is 2.22. The fourth-order valence-electron chi connectivity index (χ4n) is 2.63. The van der Waals surface area contributed by atoms with Gasteiger partial charge in [-0.25, -0.2) is 9.18 Å². The first-order valence-electron chi connectivity index (χ1n) is 7.05. The Hall–Kier alpha value is -2.04. The molecule has 0 atom stereocenters. The van der Waals surface area contributed by atoms with Crippen molar-refractivity contribution in [3.8, 4) is 5.75 Å². The molecule has 1 saturated carbocycles. The Labute approximate surface area is 123 Å². The number of hydrogen-bond acceptors (Lipinski definition) is 3. The monoisotopic (exact) mass is 294 g/mol. The first-order valence-corrected chi connectivity index (χ1v) is 7.05. The van der Waals surface area contributed by atoms with Crippen molar-refractivity contribution in [1.29, 1.82) is 0 Å². The van der Waals surface area contributed by atoms with Crippen molar-refractivity contribution in [3.63, 3.8) is 0 Å². The van der Waals surface area contributed by atoms with Gasteiger partial charge in [0, 0.05) is 0 Å². The number of rotatable bonds is 5. The van der Waals surface area contributed by atoms with Crippen LogP contribution in [0.1, 0.15) is 43.6 Å². The maximum absolute atomic E-state index is 13.8. The number of methoxy groups -OCH3 is 1. The quantitative estimate of drug-likeness (QED) is 0.662. The third kappa shape index (κ3) is 3.97. The van der Waals surface area contributed by atoms with Crippen molar-refractivity contribution in [2.75, 3.05) is 7.11 Å². The SMILES string of the molecule is CO/C=C(\Oc1cc(C2CCCCC2)ccc1F)C(=O)O. The van der Waals surface area contributed by atoms with Crippen LogP contribution in [-0.2, 0) is 9.53 Å². The molecule has 4 nitrogen and oxygen atoms in total. The van der Waals surface area contributed by atoms with Gasteiger partial charge >= 0.3 is 5.97 Å². The number of benzene rings is 1. The molecule has 0 radical (unpaired) electrons. The predicted molar refractivity (Wildman–Crippen MR) is 75.6 cm³/mol. The molecule has 0 saturated heterocycles. The summed E-state index contributed by atoms with van der Waals surface area (Å²) in [5.74, 6) is -2.03. The minimum absolute atomic E-state index is 0.0798. The van der Waals surface area contributed by atoms with E-state index in [4.69, 9.17) is 9.84 Å². The van der Waals surface area contributed by atoms with E-state index in [1.165, 1.54) is 32.4 Å². The topological polar surface area (TPSA) is 55.8 Å². The van der Waals surface area contributed by atoms with Crippen molar-refractivity contribution in [2.24, 2.45) is 0 Å². The van der Waals surface area contributed by atoms with Gasteiger partial charge in [-0.1, -0.05) is 25.3 Å². The van der Waals surface area contributed by atoms with Gasteiger partial charge in [0.05, 0.1) is 7.11 Å². The fourth-order valence-corrected chi connectivity index (χ4v) is 2.63. The van der Waals surface area contributed by atoms with Crippen LogP contribution < -0.4 is 4.74 Å². The highest BCUT2D eigenvalue weighted by Crippen LogP contribution is 2.35. The van der Waals surface area contributed by atoms with Gasteiger partial charge < -0.3 is 14.6 Å². The average Bonchev–Trinajstić information content (AvgIpc) is 2.49. The Kier molecular flexibility index (Phi) is 5.20. The van der Waals surface area contributed by atoms with Crippen LogP contribution in [0.25, 0.3) is 0 Å². The van der Waals surface area contributed by atoms with Crippen LogP contribution in [0.2, 0.25) is 0 Å². The molecule has 5 heteroatoms. The molecular weight excluding hydrogens is 275 g/mol. The van der Waals surface area contributed by atoms with E-state index in [-0.39, 0.29) is 5.75 Å². The Bertz CT molecular complexity index is 533.